The first-order chi connectivity index (χ1) is 13.9. The Bertz CT molecular complexity index is 935. The largest absolute Gasteiger partial charge is 0.502 e. The van der Waals surface area contributed by atoms with E-state index in [0.29, 0.717) is 11.3 Å². The number of imide groups is 1. The van der Waals surface area contributed by atoms with Crippen LogP contribution in [0.3, 0.4) is 0 Å². The van der Waals surface area contributed by atoms with Crippen LogP contribution in [-0.4, -0.2) is 48.5 Å². The molecule has 0 unspecified atom stereocenters. The van der Waals surface area contributed by atoms with Gasteiger partial charge in [0.05, 0.1) is 25.7 Å². The predicted octanol–water partition coefficient (Wildman–Crippen LogP) is 3.66. The van der Waals surface area contributed by atoms with E-state index in [1.807, 2.05) is 0 Å². The van der Waals surface area contributed by atoms with Crippen LogP contribution in [0.4, 0.5) is 9.18 Å². The Kier molecular flexibility index (Phi) is 6.28. The van der Waals surface area contributed by atoms with Gasteiger partial charge in [0.15, 0.2) is 11.5 Å². The number of benzene rings is 2. The van der Waals surface area contributed by atoms with Gasteiger partial charge in [0.2, 0.25) is 5.75 Å². The lowest BCUT2D eigenvalue weighted by Gasteiger charge is -2.13. The zero-order valence-electron chi connectivity index (χ0n) is 15.7. The van der Waals surface area contributed by atoms with Crippen molar-refractivity contribution in [2.75, 3.05) is 27.4 Å². The molecule has 7 nitrogen and oxygen atoms in total. The number of hydrogen-bond acceptors (Lipinski definition) is 7. The first-order valence-electron chi connectivity index (χ1n) is 8.51. The van der Waals surface area contributed by atoms with Gasteiger partial charge >= 0.3 is 0 Å². The number of hydrogen-bond donors (Lipinski definition) is 1. The van der Waals surface area contributed by atoms with Crippen LogP contribution in [0.1, 0.15) is 5.56 Å². The summed E-state index contributed by atoms with van der Waals surface area (Å²) in [7, 11) is 2.79. The molecule has 2 aromatic rings. The molecule has 29 heavy (non-hydrogen) atoms. The normalized spacial score (nSPS) is 15.1. The molecule has 2 aromatic carbocycles. The van der Waals surface area contributed by atoms with Gasteiger partial charge in [0, 0.05) is 0 Å². The molecule has 3 rings (SSSR count). The van der Waals surface area contributed by atoms with Crippen LogP contribution >= 0.6 is 11.8 Å². The van der Waals surface area contributed by atoms with E-state index in [2.05, 4.69) is 0 Å². The second-order valence-electron chi connectivity index (χ2n) is 5.91. The predicted molar refractivity (Wildman–Crippen MR) is 106 cm³/mol. The van der Waals surface area contributed by atoms with Gasteiger partial charge in [-0.15, -0.1) is 0 Å². The molecule has 1 aliphatic rings. The molecule has 0 atom stereocenters. The van der Waals surface area contributed by atoms with Gasteiger partial charge in [0.1, 0.15) is 18.2 Å². The minimum Gasteiger partial charge on any atom is -0.502 e. The van der Waals surface area contributed by atoms with Crippen molar-refractivity contribution in [2.45, 2.75) is 0 Å². The minimum atomic E-state index is -0.450. The number of methoxy groups -OCH3 is 2. The average Bonchev–Trinajstić information content (AvgIpc) is 2.97. The highest BCUT2D eigenvalue weighted by Crippen LogP contribution is 2.39. The van der Waals surface area contributed by atoms with Gasteiger partial charge in [-0.3, -0.25) is 14.5 Å². The van der Waals surface area contributed by atoms with Crippen molar-refractivity contribution in [3.8, 4) is 23.0 Å². The molecule has 2 amide bonds. The van der Waals surface area contributed by atoms with Crippen LogP contribution in [0.2, 0.25) is 0 Å². The van der Waals surface area contributed by atoms with Gasteiger partial charge in [-0.1, -0.05) is 0 Å². The Morgan fingerprint density at radius 2 is 1.72 bits per heavy atom. The van der Waals surface area contributed by atoms with E-state index in [1.165, 1.54) is 56.7 Å². The number of nitrogens with zero attached hydrogens (tertiary/aromatic N) is 1. The Morgan fingerprint density at radius 1 is 1.10 bits per heavy atom. The molecule has 0 spiro atoms. The van der Waals surface area contributed by atoms with E-state index in [4.69, 9.17) is 14.2 Å². The summed E-state index contributed by atoms with van der Waals surface area (Å²) in [5.74, 6) is -0.176. The summed E-state index contributed by atoms with van der Waals surface area (Å²) >= 11 is 0.805. The lowest BCUT2D eigenvalue weighted by Crippen LogP contribution is -2.32. The average molecular weight is 419 g/mol. The third-order valence-electron chi connectivity index (χ3n) is 4.07. The summed E-state index contributed by atoms with van der Waals surface area (Å²) in [4.78, 5) is 26.1. The van der Waals surface area contributed by atoms with E-state index in [-0.39, 0.29) is 41.1 Å². The second kappa shape index (κ2) is 8.87. The van der Waals surface area contributed by atoms with Crippen molar-refractivity contribution < 1.29 is 33.3 Å². The topological polar surface area (TPSA) is 85.3 Å². The molecule has 9 heteroatoms. The summed E-state index contributed by atoms with van der Waals surface area (Å²) in [5.41, 5.74) is 0.532. The fourth-order valence-corrected chi connectivity index (χ4v) is 3.49. The van der Waals surface area contributed by atoms with E-state index in [1.54, 1.807) is 0 Å². The Balaban J connectivity index is 1.70. The maximum Gasteiger partial charge on any atom is 0.293 e. The minimum absolute atomic E-state index is 0.0571. The van der Waals surface area contributed by atoms with Gasteiger partial charge in [-0.05, 0) is 59.8 Å². The van der Waals surface area contributed by atoms with Crippen molar-refractivity contribution in [1.29, 1.82) is 0 Å². The van der Waals surface area contributed by atoms with Crippen molar-refractivity contribution in [2.24, 2.45) is 0 Å². The van der Waals surface area contributed by atoms with Crippen LogP contribution in [0.5, 0.6) is 23.0 Å². The summed E-state index contributed by atoms with van der Waals surface area (Å²) in [5, 5.41) is 9.56. The number of ether oxygens (including phenoxy) is 3. The fraction of sp³-hybridized carbons (Fsp3) is 0.200. The molecule has 1 aliphatic heterocycles. The number of phenols is 1. The fourth-order valence-electron chi connectivity index (χ4n) is 2.63. The number of aromatic hydroxyl groups is 1. The van der Waals surface area contributed by atoms with Gasteiger partial charge in [-0.2, -0.15) is 0 Å². The maximum absolute atomic E-state index is 12.9. The Morgan fingerprint density at radius 3 is 2.31 bits per heavy atom. The Hall–Kier alpha value is -3.20. The van der Waals surface area contributed by atoms with Crippen molar-refractivity contribution >= 4 is 29.0 Å². The molecule has 1 N–H and O–H groups in total. The number of halogens is 1. The first-order valence-corrected chi connectivity index (χ1v) is 9.33. The molecule has 1 saturated heterocycles. The number of phenolic OH excluding ortho intramolecular Hbond substituents is 1. The molecular formula is C20H18FNO6S. The number of rotatable bonds is 7. The van der Waals surface area contributed by atoms with Crippen molar-refractivity contribution in [1.82, 2.24) is 4.90 Å². The van der Waals surface area contributed by atoms with Gasteiger partial charge < -0.3 is 19.3 Å². The zero-order chi connectivity index (χ0) is 21.0. The highest BCUT2D eigenvalue weighted by atomic mass is 32.2. The summed E-state index contributed by atoms with van der Waals surface area (Å²) in [6.45, 7) is 0.138. The lowest BCUT2D eigenvalue weighted by atomic mass is 10.1. The summed E-state index contributed by atoms with van der Waals surface area (Å²) < 4.78 is 28.5. The molecule has 0 aromatic heterocycles. The van der Waals surface area contributed by atoms with Crippen LogP contribution in [0.15, 0.2) is 41.3 Å². The highest BCUT2D eigenvalue weighted by molar-refractivity contribution is 8.18. The second-order valence-corrected chi connectivity index (χ2v) is 6.90. The van der Waals surface area contributed by atoms with E-state index < -0.39 is 11.1 Å². The van der Waals surface area contributed by atoms with Crippen LogP contribution in [0.25, 0.3) is 6.08 Å². The third-order valence-corrected chi connectivity index (χ3v) is 4.98. The molecule has 0 aliphatic carbocycles. The highest BCUT2D eigenvalue weighted by Gasteiger charge is 2.34. The number of amides is 2. The molecule has 0 saturated carbocycles. The molecule has 0 bridgehead atoms. The lowest BCUT2D eigenvalue weighted by molar-refractivity contribution is -0.123. The van der Waals surface area contributed by atoms with Gasteiger partial charge in [-0.25, -0.2) is 4.39 Å². The summed E-state index contributed by atoms with van der Waals surface area (Å²) in [6.07, 6.45) is 1.52. The molecule has 152 valence electrons. The zero-order valence-corrected chi connectivity index (χ0v) is 16.5. The quantitative estimate of drug-likeness (QED) is 0.686. The standard InChI is InChI=1S/C20H18FNO6S/c1-26-15-9-12(10-16(27-2)18(15)23)11-17-19(24)22(20(25)29-17)7-8-28-14-5-3-13(21)4-6-14/h3-6,9-11,23H,7-8H2,1-2H3/b17-11-. The van der Waals surface area contributed by atoms with E-state index in [9.17, 15) is 19.1 Å². The van der Waals surface area contributed by atoms with Crippen LogP contribution in [0, 0.1) is 5.82 Å². The third kappa shape index (κ3) is 4.62. The number of carbonyl (C=O) groups is 2. The Labute approximate surface area is 170 Å². The first kappa shape index (κ1) is 20.5. The molecule has 1 heterocycles. The van der Waals surface area contributed by atoms with Gasteiger partial charge in [0.25, 0.3) is 11.1 Å². The summed E-state index contributed by atoms with van der Waals surface area (Å²) in [6, 6.07) is 8.52. The van der Waals surface area contributed by atoms with Crippen LogP contribution in [-0.2, 0) is 4.79 Å². The molecule has 0 radical (unpaired) electrons. The SMILES string of the molecule is COc1cc(/C=C2\SC(=O)N(CCOc3ccc(F)cc3)C2=O)cc(OC)c1O. The van der Waals surface area contributed by atoms with E-state index in [0.717, 1.165) is 16.7 Å². The maximum atomic E-state index is 12.9. The smallest absolute Gasteiger partial charge is 0.293 e. The monoisotopic (exact) mass is 419 g/mol. The van der Waals surface area contributed by atoms with E-state index >= 15 is 0 Å². The number of thioether (sulfide) groups is 1. The molecule has 1 fully saturated rings. The van der Waals surface area contributed by atoms with Crippen LogP contribution < -0.4 is 14.2 Å². The van der Waals surface area contributed by atoms with Crippen molar-refractivity contribution in [3.63, 3.8) is 0 Å². The van der Waals surface area contributed by atoms with Crippen molar-refractivity contribution in [3.05, 3.63) is 52.7 Å². The molecular weight excluding hydrogens is 401 g/mol. The number of carbonyl (C=O) groups excluding carboxylic acids is 2.